The van der Waals surface area contributed by atoms with Crippen molar-refractivity contribution in [1.82, 2.24) is 34.9 Å². The van der Waals surface area contributed by atoms with Crippen molar-refractivity contribution in [2.75, 3.05) is 12.3 Å². The molecule has 226 valence electrons. The van der Waals surface area contributed by atoms with Crippen molar-refractivity contribution in [1.29, 1.82) is 0 Å². The first kappa shape index (κ1) is 30.4. The molecule has 1 aliphatic rings. The average Bonchev–Trinajstić information content (AvgIpc) is 3.71. The lowest BCUT2D eigenvalue weighted by atomic mass is 9.96. The molecule has 0 spiro atoms. The summed E-state index contributed by atoms with van der Waals surface area (Å²) in [6, 6.07) is 0.677. The number of carbonyl (C=O) groups is 3. The summed E-state index contributed by atoms with van der Waals surface area (Å²) in [5.41, 5.74) is 6.14. The second-order valence-corrected chi connectivity index (χ2v) is 11.7. The van der Waals surface area contributed by atoms with Crippen LogP contribution in [0, 0.1) is 0 Å². The lowest BCUT2D eigenvalue weighted by Gasteiger charge is -2.44. The number of hydrogen-bond acceptors (Lipinski definition) is 15. The van der Waals surface area contributed by atoms with Gasteiger partial charge in [0.15, 0.2) is 23.2 Å². The third-order valence-electron chi connectivity index (χ3n) is 6.06. The van der Waals surface area contributed by atoms with Crippen molar-refractivity contribution >= 4 is 57.7 Å². The molecule has 43 heavy (non-hydrogen) atoms. The topological polar surface area (TPSA) is 199 Å². The lowest BCUT2D eigenvalue weighted by Crippen LogP contribution is -2.57. The van der Waals surface area contributed by atoms with E-state index in [0.717, 1.165) is 11.8 Å². The molecule has 4 aromatic rings. The number of ether oxygens (including phenoxy) is 4. The van der Waals surface area contributed by atoms with Crippen LogP contribution >= 0.6 is 34.7 Å². The number of nitrogens with zero attached hydrogens (tertiary/aromatic N) is 6. The van der Waals surface area contributed by atoms with Gasteiger partial charge in [0.25, 0.3) is 0 Å². The summed E-state index contributed by atoms with van der Waals surface area (Å²) in [6.45, 7) is 3.42. The first-order valence-corrected chi connectivity index (χ1v) is 14.8. The highest BCUT2D eigenvalue weighted by atomic mass is 35.5. The van der Waals surface area contributed by atoms with Crippen molar-refractivity contribution in [3.63, 3.8) is 0 Å². The van der Waals surface area contributed by atoms with Crippen LogP contribution in [0.2, 0.25) is 5.02 Å². The van der Waals surface area contributed by atoms with E-state index in [1.165, 1.54) is 43.0 Å². The number of thioether (sulfide) groups is 1. The molecule has 0 aromatic carbocycles. The minimum atomic E-state index is -1.13. The minimum absolute atomic E-state index is 0.281. The standard InChI is InChI=1S/C25H25ClN8O7S2/c1-11(35)38-9-17-21(39-12(2)36)20(34-8-15(32-33-34)16-10-42-25(27)31-16)22(40-13(3)37)24(41-17)43-18-6-14(26)7-30-19(18)23-28-4-5-29-23/h4-8,10,17,20-22,24H,9H2,1-3H3,(H2,27,31)(H,28,29). The smallest absolute Gasteiger partial charge is 0.303 e. The zero-order valence-electron chi connectivity index (χ0n) is 22.9. The highest BCUT2D eigenvalue weighted by Crippen LogP contribution is 2.43. The number of carbonyl (C=O) groups excluding carboxylic acids is 3. The van der Waals surface area contributed by atoms with Crippen LogP contribution in [0.25, 0.3) is 22.9 Å². The number of nitrogens with two attached hydrogens (primary N) is 1. The molecule has 0 aliphatic carbocycles. The van der Waals surface area contributed by atoms with Gasteiger partial charge in [0.1, 0.15) is 41.3 Å². The van der Waals surface area contributed by atoms with Gasteiger partial charge in [-0.15, -0.1) is 16.4 Å². The Morgan fingerprint density at radius 1 is 1.14 bits per heavy atom. The Morgan fingerprint density at radius 2 is 1.91 bits per heavy atom. The number of halogens is 1. The number of imidazole rings is 1. The largest absolute Gasteiger partial charge is 0.463 e. The van der Waals surface area contributed by atoms with Crippen molar-refractivity contribution < 1.29 is 33.3 Å². The SMILES string of the molecule is CC(=O)OCC1OC(Sc2cc(Cl)cnc2-c2ncc[nH]2)C(OC(C)=O)C(n2cc(-c3csc(N)n3)nn2)C1OC(C)=O. The Balaban J connectivity index is 1.61. The number of thiazole rings is 1. The van der Waals surface area contributed by atoms with E-state index >= 15 is 0 Å². The summed E-state index contributed by atoms with van der Waals surface area (Å²) in [7, 11) is 0. The van der Waals surface area contributed by atoms with Crippen LogP contribution in [0.5, 0.6) is 0 Å². The normalized spacial score (nSPS) is 21.7. The number of rotatable bonds is 9. The van der Waals surface area contributed by atoms with Gasteiger partial charge >= 0.3 is 17.9 Å². The summed E-state index contributed by atoms with van der Waals surface area (Å²) >= 11 is 8.68. The molecule has 0 bridgehead atoms. The molecule has 1 fully saturated rings. The van der Waals surface area contributed by atoms with Crippen molar-refractivity contribution in [2.24, 2.45) is 0 Å². The monoisotopic (exact) mass is 648 g/mol. The summed E-state index contributed by atoms with van der Waals surface area (Å²) in [5.74, 6) is -1.39. The van der Waals surface area contributed by atoms with Crippen LogP contribution in [0.3, 0.4) is 0 Å². The van der Waals surface area contributed by atoms with Gasteiger partial charge in [-0.1, -0.05) is 28.6 Å². The van der Waals surface area contributed by atoms with E-state index in [1.807, 2.05) is 0 Å². The molecule has 5 rings (SSSR count). The molecule has 5 unspecified atom stereocenters. The summed E-state index contributed by atoms with van der Waals surface area (Å²) in [4.78, 5) is 53.1. The van der Waals surface area contributed by atoms with Gasteiger partial charge < -0.3 is 29.7 Å². The Bertz CT molecular complexity index is 1610. The molecule has 0 saturated carbocycles. The fourth-order valence-electron chi connectivity index (χ4n) is 4.43. The predicted octanol–water partition coefficient (Wildman–Crippen LogP) is 2.91. The van der Waals surface area contributed by atoms with Gasteiger partial charge in [-0.25, -0.2) is 14.6 Å². The summed E-state index contributed by atoms with van der Waals surface area (Å²) < 4.78 is 24.6. The van der Waals surface area contributed by atoms with Crippen LogP contribution in [-0.4, -0.2) is 83.2 Å². The second kappa shape index (κ2) is 13.1. The van der Waals surface area contributed by atoms with Crippen LogP contribution in [0.15, 0.2) is 41.1 Å². The van der Waals surface area contributed by atoms with Crippen molar-refractivity contribution in [2.45, 2.75) is 55.5 Å². The van der Waals surface area contributed by atoms with E-state index in [2.05, 4.69) is 30.2 Å². The van der Waals surface area contributed by atoms with E-state index in [0.29, 0.717) is 38.0 Å². The molecular weight excluding hydrogens is 624 g/mol. The number of nitrogens with one attached hydrogen (secondary N) is 1. The third-order valence-corrected chi connectivity index (χ3v) is 8.11. The number of pyridine rings is 1. The first-order valence-electron chi connectivity index (χ1n) is 12.7. The minimum Gasteiger partial charge on any atom is -0.463 e. The van der Waals surface area contributed by atoms with Gasteiger partial charge in [0.05, 0.1) is 11.2 Å². The van der Waals surface area contributed by atoms with E-state index in [-0.39, 0.29) is 6.61 Å². The molecule has 4 aromatic heterocycles. The Hall–Kier alpha value is -4.06. The predicted molar refractivity (Wildman–Crippen MR) is 154 cm³/mol. The van der Waals surface area contributed by atoms with Crippen LogP contribution in [-0.2, 0) is 33.3 Å². The molecule has 5 heterocycles. The van der Waals surface area contributed by atoms with Gasteiger partial charge in [0.2, 0.25) is 0 Å². The van der Waals surface area contributed by atoms with E-state index in [9.17, 15) is 14.4 Å². The molecule has 5 atom stereocenters. The molecule has 0 amide bonds. The maximum Gasteiger partial charge on any atom is 0.303 e. The number of H-pyrrole nitrogens is 1. The number of nitrogen functional groups attached to an aromatic ring is 1. The number of aromatic nitrogens is 7. The van der Waals surface area contributed by atoms with Crippen LogP contribution in [0.4, 0.5) is 5.13 Å². The van der Waals surface area contributed by atoms with Crippen molar-refractivity contribution in [3.8, 4) is 22.9 Å². The fourth-order valence-corrected chi connectivity index (χ4v) is 6.47. The number of esters is 3. The summed E-state index contributed by atoms with van der Waals surface area (Å²) in [6.07, 6.45) is 3.01. The Morgan fingerprint density at radius 3 is 2.56 bits per heavy atom. The maximum atomic E-state index is 12.5. The Labute approximate surface area is 257 Å². The van der Waals surface area contributed by atoms with Gasteiger partial charge in [-0.3, -0.25) is 19.4 Å². The highest BCUT2D eigenvalue weighted by molar-refractivity contribution is 8.00. The molecule has 18 heteroatoms. The molecule has 15 nitrogen and oxygen atoms in total. The van der Waals surface area contributed by atoms with E-state index in [4.69, 9.17) is 36.3 Å². The van der Waals surface area contributed by atoms with E-state index < -0.39 is 47.7 Å². The Kier molecular flexibility index (Phi) is 9.24. The lowest BCUT2D eigenvalue weighted by molar-refractivity contribution is -0.212. The number of hydrogen-bond donors (Lipinski definition) is 2. The second-order valence-electron chi connectivity index (χ2n) is 9.19. The van der Waals surface area contributed by atoms with Gasteiger partial charge in [-0.2, -0.15) is 0 Å². The molecule has 3 N–H and O–H groups in total. The maximum absolute atomic E-state index is 12.5. The zero-order chi connectivity index (χ0) is 30.7. The third kappa shape index (κ3) is 7.12. The van der Waals surface area contributed by atoms with E-state index in [1.54, 1.807) is 30.0 Å². The molecule has 1 aliphatic heterocycles. The first-order chi connectivity index (χ1) is 20.6. The van der Waals surface area contributed by atoms with Gasteiger partial charge in [-0.05, 0) is 6.07 Å². The zero-order valence-corrected chi connectivity index (χ0v) is 25.3. The van der Waals surface area contributed by atoms with Crippen molar-refractivity contribution in [3.05, 3.63) is 41.3 Å². The van der Waals surface area contributed by atoms with Crippen LogP contribution < -0.4 is 5.73 Å². The fraction of sp³-hybridized carbons (Fsp3) is 0.360. The average molecular weight is 649 g/mol. The molecular formula is C25H25ClN8O7S2. The quantitative estimate of drug-likeness (QED) is 0.198. The van der Waals surface area contributed by atoms with Crippen LogP contribution in [0.1, 0.15) is 26.8 Å². The van der Waals surface area contributed by atoms with Gasteiger partial charge in [0, 0.05) is 49.6 Å². The number of aromatic amines is 1. The number of anilines is 1. The molecule has 0 radical (unpaired) electrons. The summed E-state index contributed by atoms with van der Waals surface area (Å²) in [5, 5.41) is 10.9. The molecule has 1 saturated heterocycles. The highest BCUT2D eigenvalue weighted by Gasteiger charge is 2.52.